The first kappa shape index (κ1) is 18.1. The van der Waals surface area contributed by atoms with Crippen LogP contribution in [0.25, 0.3) is 0 Å². The molecule has 0 atom stereocenters. The number of amides is 1. The Hall–Kier alpha value is -3.70. The van der Waals surface area contributed by atoms with Crippen molar-refractivity contribution in [2.24, 2.45) is 0 Å². The highest BCUT2D eigenvalue weighted by atomic mass is 16.6. The van der Waals surface area contributed by atoms with Gasteiger partial charge in [0.05, 0.1) is 36.7 Å². The van der Waals surface area contributed by atoms with E-state index in [2.05, 4.69) is 20.6 Å². The summed E-state index contributed by atoms with van der Waals surface area (Å²) in [7, 11) is 1.28. The van der Waals surface area contributed by atoms with Crippen LogP contribution in [0.5, 0.6) is 5.88 Å². The number of rotatable bonds is 8. The standard InChI is InChI=1S/C15H18N8O4/c1-3-20-6-11(4-16-20)7-21-8-12(5-17-21)18-14(24)10-22-9-13(23(25)26)15(19-22)27-2/h4-6,8-9H,3,7,10H2,1-2H3,(H,18,24). The van der Waals surface area contributed by atoms with Crippen molar-refractivity contribution in [2.45, 2.75) is 26.6 Å². The van der Waals surface area contributed by atoms with Gasteiger partial charge in [-0.05, 0) is 6.92 Å². The minimum atomic E-state index is -0.620. The summed E-state index contributed by atoms with van der Waals surface area (Å²) in [5, 5.41) is 25.8. The maximum absolute atomic E-state index is 12.1. The summed E-state index contributed by atoms with van der Waals surface area (Å²) in [5.41, 5.74) is 1.20. The first-order valence-electron chi connectivity index (χ1n) is 8.08. The minimum Gasteiger partial charge on any atom is -0.475 e. The molecular formula is C15H18N8O4. The number of anilines is 1. The van der Waals surface area contributed by atoms with Crippen LogP contribution in [0.1, 0.15) is 12.5 Å². The molecule has 0 aliphatic heterocycles. The number of carbonyl (C=O) groups excluding carboxylic acids is 1. The van der Waals surface area contributed by atoms with Crippen LogP contribution < -0.4 is 10.1 Å². The maximum Gasteiger partial charge on any atom is 0.350 e. The summed E-state index contributed by atoms with van der Waals surface area (Å²) in [6.07, 6.45) is 8.05. The molecule has 0 aliphatic rings. The van der Waals surface area contributed by atoms with E-state index in [4.69, 9.17) is 4.74 Å². The van der Waals surface area contributed by atoms with Gasteiger partial charge in [-0.1, -0.05) is 0 Å². The second kappa shape index (κ2) is 7.68. The smallest absolute Gasteiger partial charge is 0.350 e. The van der Waals surface area contributed by atoms with Gasteiger partial charge in [-0.15, -0.1) is 5.10 Å². The summed E-state index contributed by atoms with van der Waals surface area (Å²) in [5.74, 6) is -0.540. The molecule has 3 aromatic heterocycles. The normalized spacial score (nSPS) is 10.7. The number of hydrogen-bond donors (Lipinski definition) is 1. The molecule has 0 aliphatic carbocycles. The molecule has 0 unspecified atom stereocenters. The summed E-state index contributed by atoms with van der Waals surface area (Å²) in [4.78, 5) is 22.4. The van der Waals surface area contributed by atoms with E-state index < -0.39 is 10.8 Å². The fourth-order valence-corrected chi connectivity index (χ4v) is 2.46. The quantitative estimate of drug-likeness (QED) is 0.457. The highest BCUT2D eigenvalue weighted by Gasteiger charge is 2.21. The Kier molecular flexibility index (Phi) is 5.15. The number of hydrogen-bond acceptors (Lipinski definition) is 7. The van der Waals surface area contributed by atoms with Gasteiger partial charge in [0, 0.05) is 24.5 Å². The van der Waals surface area contributed by atoms with Crippen LogP contribution >= 0.6 is 0 Å². The summed E-state index contributed by atoms with van der Waals surface area (Å²) >= 11 is 0. The van der Waals surface area contributed by atoms with Gasteiger partial charge < -0.3 is 10.1 Å². The van der Waals surface area contributed by atoms with Gasteiger partial charge in [0.25, 0.3) is 0 Å². The van der Waals surface area contributed by atoms with Gasteiger partial charge in [-0.2, -0.15) is 10.2 Å². The Morgan fingerprint density at radius 2 is 2.00 bits per heavy atom. The van der Waals surface area contributed by atoms with Gasteiger partial charge in [-0.25, -0.2) is 0 Å². The zero-order valence-electron chi connectivity index (χ0n) is 14.8. The van der Waals surface area contributed by atoms with Crippen molar-refractivity contribution in [3.63, 3.8) is 0 Å². The summed E-state index contributed by atoms with van der Waals surface area (Å²) in [6.45, 7) is 3.12. The number of methoxy groups -OCH3 is 1. The van der Waals surface area contributed by atoms with Crippen LogP contribution in [0.3, 0.4) is 0 Å². The van der Waals surface area contributed by atoms with Gasteiger partial charge in [0.2, 0.25) is 5.91 Å². The molecule has 3 aromatic rings. The molecule has 1 amide bonds. The molecule has 0 bridgehead atoms. The third-order valence-electron chi connectivity index (χ3n) is 3.68. The Bertz CT molecular complexity index is 957. The Morgan fingerprint density at radius 3 is 2.63 bits per heavy atom. The van der Waals surface area contributed by atoms with Gasteiger partial charge in [0.15, 0.2) is 0 Å². The molecule has 3 heterocycles. The summed E-state index contributed by atoms with van der Waals surface area (Å²) < 4.78 is 9.47. The van der Waals surface area contributed by atoms with E-state index in [0.717, 1.165) is 23.0 Å². The fraction of sp³-hybridized carbons (Fsp3) is 0.333. The lowest BCUT2D eigenvalue weighted by Gasteiger charge is -2.02. The van der Waals surface area contributed by atoms with E-state index in [1.54, 1.807) is 17.1 Å². The lowest BCUT2D eigenvalue weighted by Crippen LogP contribution is -2.18. The van der Waals surface area contributed by atoms with Crippen LogP contribution in [0.4, 0.5) is 11.4 Å². The van der Waals surface area contributed by atoms with E-state index in [0.29, 0.717) is 12.2 Å². The van der Waals surface area contributed by atoms with Crippen LogP contribution in [-0.4, -0.2) is 47.3 Å². The molecule has 12 nitrogen and oxygen atoms in total. The number of nitro groups is 1. The molecule has 0 radical (unpaired) electrons. The van der Waals surface area contributed by atoms with Crippen molar-refractivity contribution in [3.05, 3.63) is 46.7 Å². The molecular weight excluding hydrogens is 356 g/mol. The number of aryl methyl sites for hydroxylation is 1. The first-order valence-corrected chi connectivity index (χ1v) is 8.08. The molecule has 27 heavy (non-hydrogen) atoms. The minimum absolute atomic E-state index is 0.145. The molecule has 0 saturated carbocycles. The second-order valence-corrected chi connectivity index (χ2v) is 5.66. The summed E-state index contributed by atoms with van der Waals surface area (Å²) in [6, 6.07) is 0. The predicted octanol–water partition coefficient (Wildman–Crippen LogP) is 0.900. The maximum atomic E-state index is 12.1. The third kappa shape index (κ3) is 4.29. The molecule has 0 aromatic carbocycles. The largest absolute Gasteiger partial charge is 0.475 e. The average Bonchev–Trinajstić information content (AvgIpc) is 3.35. The fourth-order valence-electron chi connectivity index (χ4n) is 2.46. The number of carbonyl (C=O) groups is 1. The number of nitrogens with one attached hydrogen (secondary N) is 1. The van der Waals surface area contributed by atoms with Crippen LogP contribution in [0.2, 0.25) is 0 Å². The van der Waals surface area contributed by atoms with Crippen molar-refractivity contribution >= 4 is 17.3 Å². The average molecular weight is 374 g/mol. The van der Waals surface area contributed by atoms with Crippen LogP contribution in [-0.2, 0) is 24.4 Å². The zero-order valence-corrected chi connectivity index (χ0v) is 14.8. The first-order chi connectivity index (χ1) is 13.0. The lowest BCUT2D eigenvalue weighted by atomic mass is 10.4. The number of aromatic nitrogens is 6. The third-order valence-corrected chi connectivity index (χ3v) is 3.68. The second-order valence-electron chi connectivity index (χ2n) is 5.66. The molecule has 0 spiro atoms. The SMILES string of the molecule is CCn1cc(Cn2cc(NC(=O)Cn3cc([N+](=O)[O-])c(OC)n3)cn2)cn1. The highest BCUT2D eigenvalue weighted by molar-refractivity contribution is 5.90. The number of nitrogens with zero attached hydrogens (tertiary/aromatic N) is 7. The Labute approximate surface area is 153 Å². The van der Waals surface area contributed by atoms with Crippen LogP contribution in [0.15, 0.2) is 31.0 Å². The van der Waals surface area contributed by atoms with Crippen molar-refractivity contribution in [1.29, 1.82) is 0 Å². The van der Waals surface area contributed by atoms with Gasteiger partial charge in [-0.3, -0.25) is 29.0 Å². The van der Waals surface area contributed by atoms with Crippen molar-refractivity contribution in [3.8, 4) is 5.88 Å². The molecule has 3 rings (SSSR count). The molecule has 0 saturated heterocycles. The van der Waals surface area contributed by atoms with Crippen molar-refractivity contribution in [1.82, 2.24) is 29.3 Å². The van der Waals surface area contributed by atoms with Crippen molar-refractivity contribution < 1.29 is 14.5 Å². The Morgan fingerprint density at radius 1 is 1.22 bits per heavy atom. The van der Waals surface area contributed by atoms with Crippen molar-refractivity contribution in [2.75, 3.05) is 12.4 Å². The molecule has 0 fully saturated rings. The topological polar surface area (TPSA) is 135 Å². The van der Waals surface area contributed by atoms with E-state index in [-0.39, 0.29) is 18.1 Å². The van der Waals surface area contributed by atoms with E-state index in [1.807, 2.05) is 17.8 Å². The highest BCUT2D eigenvalue weighted by Crippen LogP contribution is 2.23. The monoisotopic (exact) mass is 374 g/mol. The van der Waals surface area contributed by atoms with E-state index in [9.17, 15) is 14.9 Å². The van der Waals surface area contributed by atoms with E-state index in [1.165, 1.54) is 13.3 Å². The molecule has 12 heteroatoms. The van der Waals surface area contributed by atoms with Gasteiger partial charge >= 0.3 is 11.6 Å². The van der Waals surface area contributed by atoms with Gasteiger partial charge in [0.1, 0.15) is 12.7 Å². The Balaban J connectivity index is 1.60. The molecule has 142 valence electrons. The lowest BCUT2D eigenvalue weighted by molar-refractivity contribution is -0.385. The predicted molar refractivity (Wildman–Crippen MR) is 93.3 cm³/mol. The van der Waals surface area contributed by atoms with Crippen LogP contribution in [0, 0.1) is 10.1 Å². The molecule has 1 N–H and O–H groups in total. The zero-order chi connectivity index (χ0) is 19.4. The van der Waals surface area contributed by atoms with E-state index >= 15 is 0 Å². The number of ether oxygens (including phenoxy) is 1.